The lowest BCUT2D eigenvalue weighted by molar-refractivity contribution is -0.0634. The quantitative estimate of drug-likeness (QED) is 0.735. The summed E-state index contributed by atoms with van der Waals surface area (Å²) in [6.45, 7) is 1.50. The molecule has 0 radical (unpaired) electrons. The van der Waals surface area contributed by atoms with Crippen LogP contribution in [-0.2, 0) is 4.74 Å². The topological polar surface area (TPSA) is 53.9 Å². The standard InChI is InChI=1S/C19H18ClF2N5O/c1-26-5-3-17(16-2-4-23-11-24-16)25-19(26)27-6-7-28-18(10-27)12-8-14(21)15(22)9-13(12)20/h2-5,8-9,11,18-19H,6-7,10H2,1H3. The monoisotopic (exact) mass is 405 g/mol. The van der Waals surface area contributed by atoms with E-state index in [1.165, 1.54) is 6.33 Å². The minimum absolute atomic E-state index is 0.146. The Morgan fingerprint density at radius 2 is 2.07 bits per heavy atom. The number of morpholine rings is 1. The second-order valence-corrected chi connectivity index (χ2v) is 6.99. The van der Waals surface area contributed by atoms with Crippen LogP contribution < -0.4 is 0 Å². The number of hydrogen-bond donors (Lipinski definition) is 0. The van der Waals surface area contributed by atoms with Crippen LogP contribution in [0, 0.1) is 11.6 Å². The summed E-state index contributed by atoms with van der Waals surface area (Å²) >= 11 is 6.13. The maximum atomic E-state index is 13.7. The van der Waals surface area contributed by atoms with Gasteiger partial charge in [0.25, 0.3) is 0 Å². The van der Waals surface area contributed by atoms with E-state index < -0.39 is 17.7 Å². The third-order valence-corrected chi connectivity index (χ3v) is 5.07. The van der Waals surface area contributed by atoms with Gasteiger partial charge in [-0.05, 0) is 24.3 Å². The molecule has 0 spiro atoms. The number of ether oxygens (including phenoxy) is 1. The first kappa shape index (κ1) is 18.9. The Morgan fingerprint density at radius 3 is 2.86 bits per heavy atom. The molecular weight excluding hydrogens is 388 g/mol. The van der Waals surface area contributed by atoms with E-state index in [2.05, 4.69) is 14.9 Å². The number of benzene rings is 1. The lowest BCUT2D eigenvalue weighted by Crippen LogP contribution is -2.50. The molecule has 2 aliphatic heterocycles. The molecule has 2 aromatic rings. The summed E-state index contributed by atoms with van der Waals surface area (Å²) in [5, 5.41) is 0.146. The molecule has 0 saturated carbocycles. The van der Waals surface area contributed by atoms with Gasteiger partial charge in [0, 0.05) is 43.1 Å². The van der Waals surface area contributed by atoms with Gasteiger partial charge in [-0.2, -0.15) is 0 Å². The molecule has 2 aliphatic rings. The molecule has 146 valence electrons. The van der Waals surface area contributed by atoms with E-state index in [4.69, 9.17) is 21.3 Å². The second kappa shape index (κ2) is 7.90. The molecule has 1 fully saturated rings. The highest BCUT2D eigenvalue weighted by atomic mass is 35.5. The minimum atomic E-state index is -0.974. The largest absolute Gasteiger partial charge is 0.371 e. The molecule has 1 saturated heterocycles. The SMILES string of the molecule is CN1C=CC(c2ccncn2)=NC1N1CCOC(c2cc(F)c(F)cc2Cl)C1. The van der Waals surface area contributed by atoms with Crippen LogP contribution >= 0.6 is 11.6 Å². The van der Waals surface area contributed by atoms with E-state index in [-0.39, 0.29) is 11.3 Å². The van der Waals surface area contributed by atoms with Crippen LogP contribution in [0.4, 0.5) is 8.78 Å². The van der Waals surface area contributed by atoms with Gasteiger partial charge in [-0.3, -0.25) is 4.90 Å². The molecule has 28 heavy (non-hydrogen) atoms. The molecule has 2 atom stereocenters. The van der Waals surface area contributed by atoms with Crippen molar-refractivity contribution < 1.29 is 13.5 Å². The smallest absolute Gasteiger partial charge is 0.178 e. The zero-order valence-corrected chi connectivity index (χ0v) is 15.9. The zero-order chi connectivity index (χ0) is 19.7. The Hall–Kier alpha value is -2.42. The molecular formula is C19H18ClF2N5O. The van der Waals surface area contributed by atoms with E-state index in [9.17, 15) is 8.78 Å². The van der Waals surface area contributed by atoms with E-state index in [1.54, 1.807) is 12.3 Å². The number of aliphatic imine (C=N–C) groups is 1. The summed E-state index contributed by atoms with van der Waals surface area (Å²) in [6, 6.07) is 3.88. The number of hydrogen-bond acceptors (Lipinski definition) is 6. The van der Waals surface area contributed by atoms with Crippen molar-refractivity contribution in [2.75, 3.05) is 26.7 Å². The van der Waals surface area contributed by atoms with Crippen molar-refractivity contribution in [1.82, 2.24) is 19.8 Å². The molecule has 1 aromatic heterocycles. The maximum Gasteiger partial charge on any atom is 0.178 e. The fourth-order valence-electron chi connectivity index (χ4n) is 3.31. The van der Waals surface area contributed by atoms with Gasteiger partial charge in [0.15, 0.2) is 17.9 Å². The first-order valence-corrected chi connectivity index (χ1v) is 9.15. The fourth-order valence-corrected chi connectivity index (χ4v) is 3.58. The van der Waals surface area contributed by atoms with Gasteiger partial charge >= 0.3 is 0 Å². The Bertz CT molecular complexity index is 924. The van der Waals surface area contributed by atoms with Crippen molar-refractivity contribution in [2.45, 2.75) is 12.4 Å². The molecule has 9 heteroatoms. The van der Waals surface area contributed by atoms with E-state index >= 15 is 0 Å². The van der Waals surface area contributed by atoms with Crippen LogP contribution in [0.25, 0.3) is 0 Å². The molecule has 2 unspecified atom stereocenters. The first-order valence-electron chi connectivity index (χ1n) is 8.77. The van der Waals surface area contributed by atoms with Crippen LogP contribution in [0.3, 0.4) is 0 Å². The predicted molar refractivity (Wildman–Crippen MR) is 101 cm³/mol. The molecule has 0 N–H and O–H groups in total. The molecule has 0 bridgehead atoms. The molecule has 4 rings (SSSR count). The van der Waals surface area contributed by atoms with Crippen molar-refractivity contribution in [1.29, 1.82) is 0 Å². The highest BCUT2D eigenvalue weighted by Gasteiger charge is 2.31. The molecule has 0 amide bonds. The van der Waals surface area contributed by atoms with Gasteiger partial charge < -0.3 is 9.64 Å². The maximum absolute atomic E-state index is 13.7. The van der Waals surface area contributed by atoms with Crippen LogP contribution in [0.5, 0.6) is 0 Å². The number of aromatic nitrogens is 2. The summed E-state index contributed by atoms with van der Waals surface area (Å²) in [5.74, 6) is -1.92. The lowest BCUT2D eigenvalue weighted by Gasteiger charge is -2.41. The third-order valence-electron chi connectivity index (χ3n) is 4.74. The summed E-state index contributed by atoms with van der Waals surface area (Å²) < 4.78 is 32.9. The van der Waals surface area contributed by atoms with Crippen LogP contribution in [0.1, 0.15) is 17.4 Å². The molecule has 1 aromatic carbocycles. The van der Waals surface area contributed by atoms with Crippen molar-refractivity contribution in [3.05, 3.63) is 70.9 Å². The predicted octanol–water partition coefficient (Wildman–Crippen LogP) is 3.01. The minimum Gasteiger partial charge on any atom is -0.371 e. The van der Waals surface area contributed by atoms with Crippen LogP contribution in [0.2, 0.25) is 5.02 Å². The number of nitrogens with zero attached hydrogens (tertiary/aromatic N) is 5. The highest BCUT2D eigenvalue weighted by Crippen LogP contribution is 2.31. The second-order valence-electron chi connectivity index (χ2n) is 6.58. The van der Waals surface area contributed by atoms with Crippen molar-refractivity contribution in [3.8, 4) is 0 Å². The molecule has 3 heterocycles. The fraction of sp³-hybridized carbons (Fsp3) is 0.316. The summed E-state index contributed by atoms with van der Waals surface area (Å²) in [7, 11) is 1.93. The molecule has 6 nitrogen and oxygen atoms in total. The van der Waals surface area contributed by atoms with Crippen molar-refractivity contribution in [2.24, 2.45) is 4.99 Å². The Morgan fingerprint density at radius 1 is 1.25 bits per heavy atom. The average molecular weight is 406 g/mol. The van der Waals surface area contributed by atoms with E-state index in [0.29, 0.717) is 25.3 Å². The Balaban J connectivity index is 1.58. The van der Waals surface area contributed by atoms with Gasteiger partial charge in [-0.25, -0.2) is 23.7 Å². The lowest BCUT2D eigenvalue weighted by atomic mass is 10.1. The van der Waals surface area contributed by atoms with Crippen molar-refractivity contribution in [3.63, 3.8) is 0 Å². The highest BCUT2D eigenvalue weighted by molar-refractivity contribution is 6.31. The van der Waals surface area contributed by atoms with E-state index in [0.717, 1.165) is 23.5 Å². The zero-order valence-electron chi connectivity index (χ0n) is 15.1. The molecule has 0 aliphatic carbocycles. The summed E-state index contributed by atoms with van der Waals surface area (Å²) in [4.78, 5) is 17.1. The number of halogens is 3. The van der Waals surface area contributed by atoms with E-state index in [1.807, 2.05) is 24.2 Å². The Labute approximate surface area is 166 Å². The average Bonchev–Trinajstić information content (AvgIpc) is 2.72. The first-order chi connectivity index (χ1) is 13.5. The van der Waals surface area contributed by atoms with Crippen LogP contribution in [-0.4, -0.2) is 58.5 Å². The Kier molecular flexibility index (Phi) is 5.34. The summed E-state index contributed by atoms with van der Waals surface area (Å²) in [6.07, 6.45) is 6.22. The third kappa shape index (κ3) is 3.76. The number of allylic oxidation sites excluding steroid dienone is 1. The van der Waals surface area contributed by atoms with Crippen LogP contribution in [0.15, 0.2) is 48.0 Å². The van der Waals surface area contributed by atoms with Gasteiger partial charge in [-0.1, -0.05) is 11.6 Å². The van der Waals surface area contributed by atoms with Crippen molar-refractivity contribution >= 4 is 17.3 Å². The van der Waals surface area contributed by atoms with Gasteiger partial charge in [0.05, 0.1) is 24.1 Å². The van der Waals surface area contributed by atoms with Gasteiger partial charge in [-0.15, -0.1) is 0 Å². The van der Waals surface area contributed by atoms with Gasteiger partial charge in [0.1, 0.15) is 6.33 Å². The van der Waals surface area contributed by atoms with Gasteiger partial charge in [0.2, 0.25) is 0 Å². The number of rotatable bonds is 3. The normalized spacial score (nSPS) is 23.0. The summed E-state index contributed by atoms with van der Waals surface area (Å²) in [5.41, 5.74) is 1.91.